The van der Waals surface area contributed by atoms with E-state index in [-0.39, 0.29) is 30.4 Å². The summed E-state index contributed by atoms with van der Waals surface area (Å²) >= 11 is 1.62. The Morgan fingerprint density at radius 1 is 1.32 bits per heavy atom. The van der Waals surface area contributed by atoms with Gasteiger partial charge >= 0.3 is 0 Å². The summed E-state index contributed by atoms with van der Waals surface area (Å²) in [4.78, 5) is 14.3. The van der Waals surface area contributed by atoms with Gasteiger partial charge in [0.2, 0.25) is 5.91 Å². The Hall–Kier alpha value is -1.75. The van der Waals surface area contributed by atoms with Crippen LogP contribution < -0.4 is 0 Å². The van der Waals surface area contributed by atoms with Gasteiger partial charge in [0, 0.05) is 13.0 Å². The third-order valence-electron chi connectivity index (χ3n) is 4.14. The highest BCUT2D eigenvalue weighted by Crippen LogP contribution is 2.33. The Labute approximate surface area is 132 Å². The third-order valence-corrected chi connectivity index (χ3v) is 4.84. The molecular formula is C17H17F2NOS. The zero-order chi connectivity index (χ0) is 15.5. The Balaban J connectivity index is 1.65. The number of halogens is 2. The van der Waals surface area contributed by atoms with Crippen LogP contribution in [0.5, 0.6) is 0 Å². The van der Waals surface area contributed by atoms with Crippen LogP contribution in [0.1, 0.15) is 36.4 Å². The van der Waals surface area contributed by atoms with Crippen molar-refractivity contribution in [2.75, 3.05) is 6.54 Å². The number of likely N-dealkylation sites (tertiary alicyclic amines) is 1. The highest BCUT2D eigenvalue weighted by molar-refractivity contribution is 7.07. The molecule has 1 atom stereocenters. The monoisotopic (exact) mass is 321 g/mol. The smallest absolute Gasteiger partial charge is 0.223 e. The van der Waals surface area contributed by atoms with Gasteiger partial charge in [-0.1, -0.05) is 12.1 Å². The SMILES string of the molecule is O=C(CCc1cccc(F)c1F)N1CCC[C@@H]1c1ccsc1. The van der Waals surface area contributed by atoms with E-state index >= 15 is 0 Å². The van der Waals surface area contributed by atoms with Crippen LogP contribution in [0.4, 0.5) is 8.78 Å². The van der Waals surface area contributed by atoms with Crippen molar-refractivity contribution >= 4 is 17.2 Å². The van der Waals surface area contributed by atoms with Crippen molar-refractivity contribution in [3.63, 3.8) is 0 Å². The maximum absolute atomic E-state index is 13.6. The van der Waals surface area contributed by atoms with Gasteiger partial charge in [0.05, 0.1) is 6.04 Å². The Kier molecular flexibility index (Phi) is 4.52. The zero-order valence-electron chi connectivity index (χ0n) is 12.1. The fraction of sp³-hybridized carbons (Fsp3) is 0.353. The van der Waals surface area contributed by atoms with Crippen LogP contribution in [-0.2, 0) is 11.2 Å². The molecule has 5 heteroatoms. The van der Waals surface area contributed by atoms with Crippen molar-refractivity contribution in [1.29, 1.82) is 0 Å². The Morgan fingerprint density at radius 3 is 2.95 bits per heavy atom. The van der Waals surface area contributed by atoms with E-state index in [2.05, 4.69) is 5.38 Å². The fourth-order valence-corrected chi connectivity index (χ4v) is 3.71. The molecule has 3 rings (SSSR count). The summed E-state index contributed by atoms with van der Waals surface area (Å²) in [5.41, 5.74) is 1.44. The van der Waals surface area contributed by atoms with Crippen LogP contribution in [0.2, 0.25) is 0 Å². The second-order valence-electron chi connectivity index (χ2n) is 5.51. The van der Waals surface area contributed by atoms with Gasteiger partial charge in [0.15, 0.2) is 11.6 Å². The Bertz CT molecular complexity index is 657. The van der Waals surface area contributed by atoms with Crippen molar-refractivity contribution in [3.8, 4) is 0 Å². The van der Waals surface area contributed by atoms with Crippen molar-refractivity contribution in [2.45, 2.75) is 31.7 Å². The molecule has 0 bridgehead atoms. The average Bonchev–Trinajstić information content (AvgIpc) is 3.18. The largest absolute Gasteiger partial charge is 0.336 e. The molecule has 1 aromatic carbocycles. The summed E-state index contributed by atoms with van der Waals surface area (Å²) in [6.07, 6.45) is 2.40. The Morgan fingerprint density at radius 2 is 2.18 bits per heavy atom. The van der Waals surface area contributed by atoms with E-state index in [1.165, 1.54) is 17.7 Å². The van der Waals surface area contributed by atoms with E-state index in [0.717, 1.165) is 25.5 Å². The van der Waals surface area contributed by atoms with E-state index < -0.39 is 11.6 Å². The molecule has 22 heavy (non-hydrogen) atoms. The number of carbonyl (C=O) groups is 1. The van der Waals surface area contributed by atoms with Crippen LogP contribution in [0.15, 0.2) is 35.0 Å². The van der Waals surface area contributed by atoms with Crippen molar-refractivity contribution in [1.82, 2.24) is 4.90 Å². The van der Waals surface area contributed by atoms with Gasteiger partial charge in [-0.2, -0.15) is 11.3 Å². The quantitative estimate of drug-likeness (QED) is 0.821. The number of aryl methyl sites for hydroxylation is 1. The maximum atomic E-state index is 13.6. The zero-order valence-corrected chi connectivity index (χ0v) is 12.9. The van der Waals surface area contributed by atoms with Crippen molar-refractivity contribution < 1.29 is 13.6 Å². The normalized spacial score (nSPS) is 17.9. The van der Waals surface area contributed by atoms with Gasteiger partial charge in [-0.05, 0) is 53.3 Å². The molecule has 0 aliphatic carbocycles. The van der Waals surface area contributed by atoms with Gasteiger partial charge in [-0.25, -0.2) is 8.78 Å². The molecular weight excluding hydrogens is 304 g/mol. The molecule has 0 N–H and O–H groups in total. The average molecular weight is 321 g/mol. The number of rotatable bonds is 4. The second kappa shape index (κ2) is 6.57. The molecule has 2 nitrogen and oxygen atoms in total. The maximum Gasteiger partial charge on any atom is 0.223 e. The molecule has 1 aliphatic rings. The first-order chi connectivity index (χ1) is 10.7. The number of carbonyl (C=O) groups excluding carboxylic acids is 1. The van der Waals surface area contributed by atoms with Crippen LogP contribution >= 0.6 is 11.3 Å². The number of thiophene rings is 1. The minimum absolute atomic E-state index is 0.0114. The van der Waals surface area contributed by atoms with Crippen LogP contribution in [-0.4, -0.2) is 17.4 Å². The van der Waals surface area contributed by atoms with Crippen LogP contribution in [0.3, 0.4) is 0 Å². The number of benzene rings is 1. The van der Waals surface area contributed by atoms with Gasteiger partial charge < -0.3 is 4.90 Å². The molecule has 116 valence electrons. The summed E-state index contributed by atoms with van der Waals surface area (Å²) in [6, 6.07) is 6.28. The summed E-state index contributed by atoms with van der Waals surface area (Å²) in [6.45, 7) is 0.741. The van der Waals surface area contributed by atoms with Gasteiger partial charge in [0.25, 0.3) is 0 Å². The van der Waals surface area contributed by atoms with E-state index in [1.807, 2.05) is 16.3 Å². The predicted molar refractivity (Wildman–Crippen MR) is 82.7 cm³/mol. The molecule has 0 unspecified atom stereocenters. The molecule has 1 aliphatic heterocycles. The molecule has 1 aromatic heterocycles. The number of nitrogens with zero attached hydrogens (tertiary/aromatic N) is 1. The van der Waals surface area contributed by atoms with Crippen molar-refractivity contribution in [3.05, 3.63) is 57.8 Å². The number of hydrogen-bond donors (Lipinski definition) is 0. The first-order valence-corrected chi connectivity index (χ1v) is 8.35. The molecule has 1 fully saturated rings. The molecule has 1 saturated heterocycles. The molecule has 2 heterocycles. The van der Waals surface area contributed by atoms with Gasteiger partial charge in [-0.15, -0.1) is 0 Å². The first-order valence-electron chi connectivity index (χ1n) is 7.41. The van der Waals surface area contributed by atoms with Gasteiger partial charge in [-0.3, -0.25) is 4.79 Å². The lowest BCUT2D eigenvalue weighted by Gasteiger charge is -2.24. The van der Waals surface area contributed by atoms with Crippen LogP contribution in [0, 0.1) is 11.6 Å². The minimum Gasteiger partial charge on any atom is -0.336 e. The van der Waals surface area contributed by atoms with E-state index in [0.29, 0.717) is 0 Å². The third kappa shape index (κ3) is 3.04. The van der Waals surface area contributed by atoms with Gasteiger partial charge in [0.1, 0.15) is 0 Å². The lowest BCUT2D eigenvalue weighted by atomic mass is 10.1. The molecule has 0 radical (unpaired) electrons. The van der Waals surface area contributed by atoms with E-state index in [4.69, 9.17) is 0 Å². The van der Waals surface area contributed by atoms with Crippen LogP contribution in [0.25, 0.3) is 0 Å². The molecule has 1 amide bonds. The topological polar surface area (TPSA) is 20.3 Å². The lowest BCUT2D eigenvalue weighted by molar-refractivity contribution is -0.132. The first kappa shape index (κ1) is 15.2. The van der Waals surface area contributed by atoms with Crippen molar-refractivity contribution in [2.24, 2.45) is 0 Å². The molecule has 0 spiro atoms. The van der Waals surface area contributed by atoms with E-state index in [9.17, 15) is 13.6 Å². The highest BCUT2D eigenvalue weighted by Gasteiger charge is 2.29. The summed E-state index contributed by atoms with van der Waals surface area (Å²) in [7, 11) is 0. The standard InChI is InChI=1S/C17H17F2NOS/c18-14-4-1-3-12(17(14)19)6-7-16(21)20-9-2-5-15(20)13-8-10-22-11-13/h1,3-4,8,10-11,15H,2,5-7,9H2/t15-/m1/s1. The number of hydrogen-bond acceptors (Lipinski definition) is 2. The molecule has 0 saturated carbocycles. The summed E-state index contributed by atoms with van der Waals surface area (Å²) in [5, 5.41) is 4.08. The lowest BCUT2D eigenvalue weighted by Crippen LogP contribution is -2.30. The fourth-order valence-electron chi connectivity index (χ4n) is 3.00. The predicted octanol–water partition coefficient (Wildman–Crippen LogP) is 4.32. The summed E-state index contributed by atoms with van der Waals surface area (Å²) in [5.74, 6) is -1.69. The second-order valence-corrected chi connectivity index (χ2v) is 6.29. The number of amides is 1. The van der Waals surface area contributed by atoms with E-state index in [1.54, 1.807) is 11.3 Å². The highest BCUT2D eigenvalue weighted by atomic mass is 32.1. The summed E-state index contributed by atoms with van der Waals surface area (Å²) < 4.78 is 26.8. The molecule has 2 aromatic rings. The minimum atomic E-state index is -0.859.